The first-order valence-electron chi connectivity index (χ1n) is 9.67. The summed E-state index contributed by atoms with van der Waals surface area (Å²) in [5.41, 5.74) is 2.10. The zero-order valence-electron chi connectivity index (χ0n) is 16.2. The number of carbonyl (C=O) groups excluding carboxylic acids is 1. The smallest absolute Gasteiger partial charge is 0.216 e. The van der Waals surface area contributed by atoms with E-state index in [1.165, 1.54) is 28.7 Å². The molecule has 0 atom stereocenters. The van der Waals surface area contributed by atoms with Gasteiger partial charge < -0.3 is 10.2 Å². The summed E-state index contributed by atoms with van der Waals surface area (Å²) in [5, 5.41) is 4.05. The average molecular weight is 397 g/mol. The summed E-state index contributed by atoms with van der Waals surface area (Å²) in [5.74, 6) is 1.57. The van der Waals surface area contributed by atoms with Crippen molar-refractivity contribution >= 4 is 33.3 Å². The number of aryl methyl sites for hydroxylation is 2. The standard InChI is InChI=1S/C20H24N6OS/c1-13(27)22-8-5-11-26(2)19-17-14-6-3-4-7-16(14)28-20(17)25-18(24-19)15-12-21-9-10-23-15/h9-10,12H,3-8,11H2,1-2H3,(H,22,27). The van der Waals surface area contributed by atoms with Gasteiger partial charge in [0.15, 0.2) is 5.82 Å². The molecule has 0 saturated carbocycles. The summed E-state index contributed by atoms with van der Waals surface area (Å²) in [4.78, 5) is 34.0. The van der Waals surface area contributed by atoms with E-state index in [0.29, 0.717) is 18.1 Å². The molecular formula is C20H24N6OS. The van der Waals surface area contributed by atoms with Crippen LogP contribution in [0.2, 0.25) is 0 Å². The van der Waals surface area contributed by atoms with E-state index >= 15 is 0 Å². The quantitative estimate of drug-likeness (QED) is 0.645. The van der Waals surface area contributed by atoms with Gasteiger partial charge in [-0.05, 0) is 37.7 Å². The Morgan fingerprint density at radius 1 is 1.25 bits per heavy atom. The first kappa shape index (κ1) is 18.7. The van der Waals surface area contributed by atoms with Gasteiger partial charge in [0.25, 0.3) is 0 Å². The molecule has 0 aliphatic heterocycles. The molecule has 0 spiro atoms. The first-order chi connectivity index (χ1) is 13.6. The van der Waals surface area contributed by atoms with Crippen molar-refractivity contribution in [1.82, 2.24) is 25.3 Å². The normalized spacial score (nSPS) is 13.4. The summed E-state index contributed by atoms with van der Waals surface area (Å²) in [7, 11) is 2.06. The number of hydrogen-bond acceptors (Lipinski definition) is 7. The lowest BCUT2D eigenvalue weighted by molar-refractivity contribution is -0.118. The number of nitrogens with zero attached hydrogens (tertiary/aromatic N) is 5. The van der Waals surface area contributed by atoms with Crippen LogP contribution < -0.4 is 10.2 Å². The van der Waals surface area contributed by atoms with Gasteiger partial charge in [0, 0.05) is 44.3 Å². The fourth-order valence-corrected chi connectivity index (χ4v) is 4.89. The summed E-state index contributed by atoms with van der Waals surface area (Å²) in [6, 6.07) is 0. The molecular weight excluding hydrogens is 372 g/mol. The molecule has 0 saturated heterocycles. The summed E-state index contributed by atoms with van der Waals surface area (Å²) < 4.78 is 0. The number of carbonyl (C=O) groups is 1. The van der Waals surface area contributed by atoms with E-state index in [1.54, 1.807) is 36.9 Å². The molecule has 1 aliphatic carbocycles. The maximum atomic E-state index is 11.1. The van der Waals surface area contributed by atoms with E-state index in [-0.39, 0.29) is 5.91 Å². The van der Waals surface area contributed by atoms with Crippen LogP contribution in [0.1, 0.15) is 36.6 Å². The van der Waals surface area contributed by atoms with E-state index in [9.17, 15) is 4.79 Å². The van der Waals surface area contributed by atoms with E-state index in [0.717, 1.165) is 36.5 Å². The van der Waals surface area contributed by atoms with Crippen molar-refractivity contribution in [3.05, 3.63) is 29.0 Å². The largest absolute Gasteiger partial charge is 0.359 e. The minimum absolute atomic E-state index is 0.00363. The lowest BCUT2D eigenvalue weighted by atomic mass is 9.97. The van der Waals surface area contributed by atoms with Gasteiger partial charge in [-0.1, -0.05) is 0 Å². The molecule has 1 amide bonds. The maximum Gasteiger partial charge on any atom is 0.216 e. The highest BCUT2D eigenvalue weighted by molar-refractivity contribution is 7.19. The van der Waals surface area contributed by atoms with Gasteiger partial charge in [-0.2, -0.15) is 0 Å². The second kappa shape index (κ2) is 8.18. The number of nitrogens with one attached hydrogen (secondary N) is 1. The van der Waals surface area contributed by atoms with Crippen LogP contribution in [0.3, 0.4) is 0 Å². The average Bonchev–Trinajstić information content (AvgIpc) is 3.09. The van der Waals surface area contributed by atoms with Crippen molar-refractivity contribution in [1.29, 1.82) is 0 Å². The van der Waals surface area contributed by atoms with Crippen molar-refractivity contribution < 1.29 is 4.79 Å². The van der Waals surface area contributed by atoms with E-state index in [2.05, 4.69) is 27.2 Å². The van der Waals surface area contributed by atoms with Gasteiger partial charge in [0.2, 0.25) is 5.91 Å². The second-order valence-corrected chi connectivity index (χ2v) is 8.19. The van der Waals surface area contributed by atoms with Crippen molar-refractivity contribution in [2.45, 2.75) is 39.0 Å². The van der Waals surface area contributed by atoms with Crippen LogP contribution in [0.15, 0.2) is 18.6 Å². The Morgan fingerprint density at radius 2 is 2.11 bits per heavy atom. The zero-order chi connectivity index (χ0) is 19.5. The van der Waals surface area contributed by atoms with Crippen molar-refractivity contribution in [2.75, 3.05) is 25.0 Å². The van der Waals surface area contributed by atoms with Gasteiger partial charge in [0.1, 0.15) is 16.3 Å². The molecule has 8 heteroatoms. The van der Waals surface area contributed by atoms with Crippen LogP contribution in [0, 0.1) is 0 Å². The minimum Gasteiger partial charge on any atom is -0.359 e. The number of fused-ring (bicyclic) bond motifs is 3. The SMILES string of the molecule is CC(=O)NCCCN(C)c1nc(-c2cnccn2)nc2sc3c(c12)CCCC3. The van der Waals surface area contributed by atoms with Crippen LogP contribution in [0.5, 0.6) is 0 Å². The van der Waals surface area contributed by atoms with Gasteiger partial charge >= 0.3 is 0 Å². The zero-order valence-corrected chi connectivity index (χ0v) is 17.1. The highest BCUT2D eigenvalue weighted by Crippen LogP contribution is 2.40. The number of anilines is 1. The topological polar surface area (TPSA) is 83.9 Å². The molecule has 3 aromatic heterocycles. The third kappa shape index (κ3) is 3.82. The minimum atomic E-state index is 0.00363. The molecule has 0 fully saturated rings. The highest BCUT2D eigenvalue weighted by Gasteiger charge is 2.23. The Bertz CT molecular complexity index is 987. The molecule has 7 nitrogen and oxygen atoms in total. The molecule has 0 unspecified atom stereocenters. The molecule has 4 rings (SSSR count). The van der Waals surface area contributed by atoms with Crippen LogP contribution in [0.25, 0.3) is 21.7 Å². The molecule has 3 heterocycles. The van der Waals surface area contributed by atoms with Gasteiger partial charge in [-0.25, -0.2) is 15.0 Å². The fraction of sp³-hybridized carbons (Fsp3) is 0.450. The van der Waals surface area contributed by atoms with Gasteiger partial charge in [-0.3, -0.25) is 9.78 Å². The van der Waals surface area contributed by atoms with Gasteiger partial charge in [0.05, 0.1) is 11.6 Å². The predicted molar refractivity (Wildman–Crippen MR) is 112 cm³/mol. The van der Waals surface area contributed by atoms with Crippen LogP contribution >= 0.6 is 11.3 Å². The van der Waals surface area contributed by atoms with Crippen molar-refractivity contribution in [3.8, 4) is 11.5 Å². The highest BCUT2D eigenvalue weighted by atomic mass is 32.1. The molecule has 3 aromatic rings. The van der Waals surface area contributed by atoms with Crippen LogP contribution in [-0.2, 0) is 17.6 Å². The third-order valence-corrected chi connectivity index (χ3v) is 6.18. The van der Waals surface area contributed by atoms with Gasteiger partial charge in [-0.15, -0.1) is 11.3 Å². The first-order valence-corrected chi connectivity index (χ1v) is 10.5. The second-order valence-electron chi connectivity index (χ2n) is 7.11. The third-order valence-electron chi connectivity index (χ3n) is 4.99. The summed E-state index contributed by atoms with van der Waals surface area (Å²) in [6.45, 7) is 3.01. The van der Waals surface area contributed by atoms with E-state index in [4.69, 9.17) is 9.97 Å². The summed E-state index contributed by atoms with van der Waals surface area (Å²) >= 11 is 1.79. The predicted octanol–water partition coefficient (Wildman–Crippen LogP) is 2.99. The monoisotopic (exact) mass is 396 g/mol. The lowest BCUT2D eigenvalue weighted by Crippen LogP contribution is -2.27. The maximum absolute atomic E-state index is 11.1. The fourth-order valence-electron chi connectivity index (χ4n) is 3.63. The van der Waals surface area contributed by atoms with Crippen LogP contribution in [-0.4, -0.2) is 46.0 Å². The molecule has 28 heavy (non-hydrogen) atoms. The molecule has 0 bridgehead atoms. The summed E-state index contributed by atoms with van der Waals surface area (Å²) in [6.07, 6.45) is 10.6. The van der Waals surface area contributed by atoms with E-state index < -0.39 is 0 Å². The number of thiophene rings is 1. The van der Waals surface area contributed by atoms with Crippen molar-refractivity contribution in [3.63, 3.8) is 0 Å². The Balaban J connectivity index is 1.73. The number of aromatic nitrogens is 4. The van der Waals surface area contributed by atoms with Crippen molar-refractivity contribution in [2.24, 2.45) is 0 Å². The molecule has 146 valence electrons. The molecule has 1 N–H and O–H groups in total. The van der Waals surface area contributed by atoms with E-state index in [1.807, 2.05) is 0 Å². The molecule has 0 radical (unpaired) electrons. The molecule has 0 aromatic carbocycles. The lowest BCUT2D eigenvalue weighted by Gasteiger charge is -2.21. The Kier molecular flexibility index (Phi) is 5.47. The van der Waals surface area contributed by atoms with Crippen LogP contribution in [0.4, 0.5) is 5.82 Å². The number of rotatable bonds is 6. The Labute approximate surface area is 168 Å². The number of hydrogen-bond donors (Lipinski definition) is 1. The Hall–Kier alpha value is -2.61. The Morgan fingerprint density at radius 3 is 2.89 bits per heavy atom. The molecule has 1 aliphatic rings. The number of amides is 1.